The molecule has 1 aliphatic heterocycles. The van der Waals surface area contributed by atoms with Gasteiger partial charge in [0.2, 0.25) is 11.7 Å². The van der Waals surface area contributed by atoms with Crippen LogP contribution in [-0.2, 0) is 19.3 Å². The summed E-state index contributed by atoms with van der Waals surface area (Å²) in [4.78, 5) is 6.23. The molecule has 3 heterocycles. The molecule has 2 N–H and O–H groups in total. The monoisotopic (exact) mass is 409 g/mol. The molecule has 7 nitrogen and oxygen atoms in total. The Kier molecular flexibility index (Phi) is 5.15. The molecular formula is C19H18F3N3O4. The van der Waals surface area contributed by atoms with Crippen LogP contribution in [-0.4, -0.2) is 37.9 Å². The van der Waals surface area contributed by atoms with Gasteiger partial charge >= 0.3 is 6.18 Å². The minimum Gasteiger partial charge on any atom is -0.462 e. The largest absolute Gasteiger partial charge is 0.462 e. The fraction of sp³-hybridized carbons (Fsp3) is 0.368. The van der Waals surface area contributed by atoms with Crippen LogP contribution in [0.4, 0.5) is 13.2 Å². The number of aromatic nitrogens is 2. The van der Waals surface area contributed by atoms with E-state index in [1.165, 1.54) is 12.1 Å². The second kappa shape index (κ2) is 7.62. The van der Waals surface area contributed by atoms with Gasteiger partial charge in [0.1, 0.15) is 18.1 Å². The first-order valence-corrected chi connectivity index (χ1v) is 8.95. The smallest absolute Gasteiger partial charge is 0.416 e. The van der Waals surface area contributed by atoms with Gasteiger partial charge < -0.3 is 19.2 Å². The van der Waals surface area contributed by atoms with E-state index in [4.69, 9.17) is 14.0 Å². The van der Waals surface area contributed by atoms with Crippen molar-refractivity contribution in [1.82, 2.24) is 15.0 Å². The lowest BCUT2D eigenvalue weighted by atomic mass is 10.1. The van der Waals surface area contributed by atoms with Crippen LogP contribution in [0.3, 0.4) is 0 Å². The normalized spacial score (nSPS) is 20.4. The highest BCUT2D eigenvalue weighted by Crippen LogP contribution is 2.34. The van der Waals surface area contributed by atoms with Gasteiger partial charge in [0.25, 0.3) is 0 Å². The zero-order chi connectivity index (χ0) is 20.6. The number of rotatable bonds is 5. The predicted octanol–water partition coefficient (Wildman–Crippen LogP) is 3.15. The van der Waals surface area contributed by atoms with Crippen molar-refractivity contribution in [2.24, 2.45) is 0 Å². The molecule has 4 rings (SSSR count). The summed E-state index contributed by atoms with van der Waals surface area (Å²) in [6.07, 6.45) is -4.63. The van der Waals surface area contributed by atoms with Crippen LogP contribution in [0.15, 0.2) is 45.3 Å². The predicted molar refractivity (Wildman–Crippen MR) is 93.1 cm³/mol. The van der Waals surface area contributed by atoms with E-state index in [9.17, 15) is 18.3 Å². The molecule has 2 atom stereocenters. The number of benzene rings is 1. The second-order valence-electron chi connectivity index (χ2n) is 6.89. The van der Waals surface area contributed by atoms with Crippen LogP contribution >= 0.6 is 0 Å². The van der Waals surface area contributed by atoms with Gasteiger partial charge in [-0.15, -0.1) is 0 Å². The lowest BCUT2D eigenvalue weighted by Gasteiger charge is -2.19. The molecule has 2 aromatic heterocycles. The van der Waals surface area contributed by atoms with Crippen molar-refractivity contribution in [2.75, 3.05) is 6.54 Å². The maximum absolute atomic E-state index is 12.7. The lowest BCUT2D eigenvalue weighted by molar-refractivity contribution is -0.137. The van der Waals surface area contributed by atoms with Gasteiger partial charge in [0.05, 0.1) is 24.3 Å². The lowest BCUT2D eigenvalue weighted by Crippen LogP contribution is -2.24. The van der Waals surface area contributed by atoms with E-state index in [0.717, 1.165) is 12.1 Å². The van der Waals surface area contributed by atoms with E-state index in [-0.39, 0.29) is 24.4 Å². The topological polar surface area (TPSA) is 95.8 Å². The summed E-state index contributed by atoms with van der Waals surface area (Å²) in [6, 6.07) is 7.57. The number of furan rings is 1. The van der Waals surface area contributed by atoms with Crippen molar-refractivity contribution in [3.8, 4) is 11.4 Å². The van der Waals surface area contributed by atoms with Crippen molar-refractivity contribution in [3.05, 3.63) is 59.4 Å². The molecule has 0 bridgehead atoms. The van der Waals surface area contributed by atoms with E-state index < -0.39 is 17.8 Å². The molecule has 0 unspecified atom stereocenters. The van der Waals surface area contributed by atoms with E-state index in [1.807, 2.05) is 4.90 Å². The van der Waals surface area contributed by atoms with Crippen molar-refractivity contribution < 1.29 is 32.3 Å². The van der Waals surface area contributed by atoms with Crippen LogP contribution < -0.4 is 0 Å². The summed E-state index contributed by atoms with van der Waals surface area (Å²) < 4.78 is 49.0. The van der Waals surface area contributed by atoms with E-state index in [0.29, 0.717) is 36.6 Å². The Balaban J connectivity index is 1.52. The van der Waals surface area contributed by atoms with Crippen LogP contribution in [0.25, 0.3) is 11.4 Å². The molecule has 154 valence electrons. The third-order valence-corrected chi connectivity index (χ3v) is 4.81. The zero-order valence-electron chi connectivity index (χ0n) is 15.1. The third kappa shape index (κ3) is 4.19. The molecule has 0 aliphatic carbocycles. The fourth-order valence-electron chi connectivity index (χ4n) is 3.40. The van der Waals surface area contributed by atoms with Crippen molar-refractivity contribution >= 4 is 0 Å². The van der Waals surface area contributed by atoms with Crippen LogP contribution in [0.5, 0.6) is 0 Å². The molecule has 0 amide bonds. The third-order valence-electron chi connectivity index (χ3n) is 4.81. The Bertz CT molecular complexity index is 968. The standard InChI is InChI=1S/C19H18F3N3O4/c20-19(21,22)12-3-1-11(2-4-12)17-23-18(29-24-17)16-7-13(27)8-25(16)9-14-5-6-15(10-26)28-14/h1-6,13,16,26-27H,7-10H2/t13-,16+/m1/s1. The molecule has 0 radical (unpaired) electrons. The summed E-state index contributed by atoms with van der Waals surface area (Å²) in [5, 5.41) is 23.1. The van der Waals surface area contributed by atoms with Crippen molar-refractivity contribution in [2.45, 2.75) is 37.9 Å². The van der Waals surface area contributed by atoms with Crippen LogP contribution in [0.2, 0.25) is 0 Å². The van der Waals surface area contributed by atoms with Crippen LogP contribution in [0.1, 0.15) is 35.4 Å². The van der Waals surface area contributed by atoms with Gasteiger partial charge in [0.15, 0.2) is 0 Å². The van der Waals surface area contributed by atoms with Crippen LogP contribution in [0, 0.1) is 0 Å². The Hall–Kier alpha value is -2.69. The molecule has 1 fully saturated rings. The van der Waals surface area contributed by atoms with E-state index >= 15 is 0 Å². The number of hydrogen-bond donors (Lipinski definition) is 2. The zero-order valence-corrected chi connectivity index (χ0v) is 15.1. The number of aliphatic hydroxyl groups is 2. The first kappa shape index (κ1) is 19.6. The maximum Gasteiger partial charge on any atom is 0.416 e. The minimum atomic E-state index is -4.41. The van der Waals surface area contributed by atoms with E-state index in [2.05, 4.69) is 10.1 Å². The number of halogens is 3. The van der Waals surface area contributed by atoms with Gasteiger partial charge in [-0.05, 0) is 30.7 Å². The average Bonchev–Trinajstić information content (AvgIpc) is 3.41. The molecular weight excluding hydrogens is 391 g/mol. The number of aliphatic hydroxyl groups excluding tert-OH is 2. The Morgan fingerprint density at radius 3 is 2.48 bits per heavy atom. The summed E-state index contributed by atoms with van der Waals surface area (Å²) in [6.45, 7) is 0.545. The molecule has 3 aromatic rings. The molecule has 1 saturated heterocycles. The molecule has 0 saturated carbocycles. The minimum absolute atomic E-state index is 0.177. The number of alkyl halides is 3. The number of β-amino-alcohol motifs (C(OH)–C–C–N with tert-alkyl or cyclic N) is 1. The van der Waals surface area contributed by atoms with Gasteiger partial charge in [-0.3, -0.25) is 4.90 Å². The SMILES string of the molecule is OCc1ccc(CN2C[C@H](O)C[C@H]2c2nc(-c3ccc(C(F)(F)F)cc3)no2)o1. The summed E-state index contributed by atoms with van der Waals surface area (Å²) >= 11 is 0. The molecule has 1 aliphatic rings. The molecule has 1 aromatic carbocycles. The maximum atomic E-state index is 12.7. The quantitative estimate of drug-likeness (QED) is 0.668. The summed E-state index contributed by atoms with van der Waals surface area (Å²) in [7, 11) is 0. The second-order valence-corrected chi connectivity index (χ2v) is 6.89. The van der Waals surface area contributed by atoms with Crippen molar-refractivity contribution in [3.63, 3.8) is 0 Å². The van der Waals surface area contributed by atoms with Crippen molar-refractivity contribution in [1.29, 1.82) is 0 Å². The molecule has 29 heavy (non-hydrogen) atoms. The van der Waals surface area contributed by atoms with Gasteiger partial charge in [-0.25, -0.2) is 0 Å². The fourth-order valence-corrected chi connectivity index (χ4v) is 3.40. The summed E-state index contributed by atoms with van der Waals surface area (Å²) in [5.74, 6) is 1.51. The van der Waals surface area contributed by atoms with Gasteiger partial charge in [0, 0.05) is 12.1 Å². The Labute approximate surface area is 163 Å². The first-order valence-electron chi connectivity index (χ1n) is 8.95. The highest BCUT2D eigenvalue weighted by Gasteiger charge is 2.36. The van der Waals surface area contributed by atoms with Gasteiger partial charge in [-0.2, -0.15) is 18.2 Å². The average molecular weight is 409 g/mol. The highest BCUT2D eigenvalue weighted by molar-refractivity contribution is 5.54. The first-order chi connectivity index (χ1) is 13.8. The highest BCUT2D eigenvalue weighted by atomic mass is 19.4. The number of nitrogens with zero attached hydrogens (tertiary/aromatic N) is 3. The van der Waals surface area contributed by atoms with E-state index in [1.54, 1.807) is 12.1 Å². The van der Waals surface area contributed by atoms with Gasteiger partial charge in [-0.1, -0.05) is 17.3 Å². The number of likely N-dealkylation sites (tertiary alicyclic amines) is 1. The Morgan fingerprint density at radius 1 is 1.10 bits per heavy atom. The number of hydrogen-bond acceptors (Lipinski definition) is 7. The Morgan fingerprint density at radius 2 is 1.83 bits per heavy atom. The summed E-state index contributed by atoms with van der Waals surface area (Å²) in [5.41, 5.74) is -0.354. The molecule has 10 heteroatoms. The molecule has 0 spiro atoms.